The lowest BCUT2D eigenvalue weighted by Crippen LogP contribution is -2.54. The molecule has 4 amide bonds. The van der Waals surface area contributed by atoms with Crippen molar-refractivity contribution in [1.29, 1.82) is 0 Å². The molecule has 1 aliphatic carbocycles. The number of carbonyl (C=O) groups excluding carboxylic acids is 4. The molecule has 0 bridgehead atoms. The Hall–Kier alpha value is -3.73. The Bertz CT molecular complexity index is 1330. The number of carbonyl (C=O) groups is 4. The molecule has 2 fully saturated rings. The van der Waals surface area contributed by atoms with Gasteiger partial charge in [0.05, 0.1) is 5.69 Å². The number of hydrogen-bond acceptors (Lipinski definition) is 5. The van der Waals surface area contributed by atoms with E-state index in [0.717, 1.165) is 51.6 Å². The van der Waals surface area contributed by atoms with Crippen molar-refractivity contribution in [3.8, 4) is 0 Å². The highest BCUT2D eigenvalue weighted by molar-refractivity contribution is 6.01. The van der Waals surface area contributed by atoms with Gasteiger partial charge in [-0.1, -0.05) is 38.7 Å². The summed E-state index contributed by atoms with van der Waals surface area (Å²) in [5.41, 5.74) is 1.00. The Morgan fingerprint density at radius 2 is 1.64 bits per heavy atom. The van der Waals surface area contributed by atoms with Crippen molar-refractivity contribution in [1.82, 2.24) is 25.0 Å². The number of halogens is 1. The number of piperazine rings is 1. The molecule has 2 heterocycles. The molecule has 2 atom stereocenters. The van der Waals surface area contributed by atoms with E-state index in [1.807, 2.05) is 37.7 Å². The monoisotopic (exact) mass is 624 g/mol. The van der Waals surface area contributed by atoms with E-state index in [1.54, 1.807) is 24.0 Å². The van der Waals surface area contributed by atoms with Gasteiger partial charge in [-0.15, -0.1) is 0 Å². The molecule has 1 aliphatic heterocycles. The fourth-order valence-corrected chi connectivity index (χ4v) is 6.27. The summed E-state index contributed by atoms with van der Waals surface area (Å²) in [5, 5.41) is 8.52. The quantitative estimate of drug-likeness (QED) is 0.326. The van der Waals surface area contributed by atoms with Crippen molar-refractivity contribution in [2.45, 2.75) is 90.3 Å². The van der Waals surface area contributed by atoms with Gasteiger partial charge in [0.1, 0.15) is 23.6 Å². The minimum atomic E-state index is -0.819. The molecule has 246 valence electrons. The lowest BCUT2D eigenvalue weighted by molar-refractivity contribution is -0.137. The zero-order chi connectivity index (χ0) is 32.5. The third-order valence-electron chi connectivity index (χ3n) is 9.01. The predicted molar refractivity (Wildman–Crippen MR) is 172 cm³/mol. The molecule has 1 saturated carbocycles. The number of nitrogens with zero attached hydrogens (tertiary/aromatic N) is 3. The first-order chi connectivity index (χ1) is 21.6. The number of likely N-dealkylation sites (N-methyl/N-ethyl adjacent to an activating group) is 1. The molecule has 3 N–H and O–H groups in total. The van der Waals surface area contributed by atoms with E-state index in [4.69, 9.17) is 0 Å². The first-order valence-electron chi connectivity index (χ1n) is 16.4. The summed E-state index contributed by atoms with van der Waals surface area (Å²) < 4.78 is 17.4. The van der Waals surface area contributed by atoms with Crippen LogP contribution in [0.2, 0.25) is 0 Å². The molecule has 1 aromatic heterocycles. The Morgan fingerprint density at radius 1 is 0.956 bits per heavy atom. The van der Waals surface area contributed by atoms with Crippen LogP contribution in [0.4, 0.5) is 10.1 Å². The molecule has 4 rings (SSSR count). The van der Waals surface area contributed by atoms with E-state index in [-0.39, 0.29) is 48.2 Å². The lowest BCUT2D eigenvalue weighted by Gasteiger charge is -2.34. The standard InChI is InChI=1S/C34H49FN6O4/c1-5-30(42)36-28(34(45)40-19-17-39(4)18-20-40)22-24-14-15-27(26(35)21-24)37-33(44)31(25-11-8-6-7-9-12-25)38-32(43)29-13-10-16-41(29)23(2)3/h10,13-16,21,23,25,28,31H,5-9,11-12,17-20,22H2,1-4H3,(H,36,42)(H,37,44)(H,38,43)/t28-,31+/m1/s1. The van der Waals surface area contributed by atoms with Gasteiger partial charge in [-0.05, 0) is 69.5 Å². The minimum absolute atomic E-state index is 0.00159. The van der Waals surface area contributed by atoms with Gasteiger partial charge in [0.2, 0.25) is 17.7 Å². The van der Waals surface area contributed by atoms with Crippen molar-refractivity contribution >= 4 is 29.3 Å². The third kappa shape index (κ3) is 9.15. The fraction of sp³-hybridized carbons (Fsp3) is 0.588. The summed E-state index contributed by atoms with van der Waals surface area (Å²) in [6.07, 6.45) is 7.91. The largest absolute Gasteiger partial charge is 0.344 e. The average molecular weight is 625 g/mol. The van der Waals surface area contributed by atoms with Gasteiger partial charge in [-0.3, -0.25) is 19.2 Å². The third-order valence-corrected chi connectivity index (χ3v) is 9.01. The summed E-state index contributed by atoms with van der Waals surface area (Å²) in [6, 6.07) is 6.43. The summed E-state index contributed by atoms with van der Waals surface area (Å²) in [5.74, 6) is -1.94. The highest BCUT2D eigenvalue weighted by atomic mass is 19.1. The maximum absolute atomic E-state index is 15.5. The summed E-state index contributed by atoms with van der Waals surface area (Å²) in [6.45, 7) is 8.31. The molecule has 0 spiro atoms. The fourth-order valence-electron chi connectivity index (χ4n) is 6.27. The maximum atomic E-state index is 15.5. The molecule has 2 aliphatic rings. The molecule has 0 radical (unpaired) electrons. The number of amides is 4. The van der Waals surface area contributed by atoms with Gasteiger partial charge < -0.3 is 30.3 Å². The molecule has 0 unspecified atom stereocenters. The zero-order valence-corrected chi connectivity index (χ0v) is 27.1. The normalized spacial score (nSPS) is 17.8. The van der Waals surface area contributed by atoms with Gasteiger partial charge in [0.25, 0.3) is 5.91 Å². The van der Waals surface area contributed by atoms with Gasteiger partial charge >= 0.3 is 0 Å². The number of nitrogens with one attached hydrogen (secondary N) is 3. The number of rotatable bonds is 11. The van der Waals surface area contributed by atoms with Crippen molar-refractivity contribution in [2.75, 3.05) is 38.5 Å². The van der Waals surface area contributed by atoms with Crippen LogP contribution in [0.1, 0.15) is 87.8 Å². The Kier molecular flexibility index (Phi) is 12.2. The predicted octanol–water partition coefficient (Wildman–Crippen LogP) is 4.13. The Morgan fingerprint density at radius 3 is 2.27 bits per heavy atom. The van der Waals surface area contributed by atoms with Gasteiger partial charge in [-0.2, -0.15) is 0 Å². The van der Waals surface area contributed by atoms with E-state index in [9.17, 15) is 19.2 Å². The van der Waals surface area contributed by atoms with Crippen LogP contribution < -0.4 is 16.0 Å². The summed E-state index contributed by atoms with van der Waals surface area (Å²) >= 11 is 0. The summed E-state index contributed by atoms with van der Waals surface area (Å²) in [4.78, 5) is 56.6. The lowest BCUT2D eigenvalue weighted by atomic mass is 9.91. The van der Waals surface area contributed by atoms with Crippen LogP contribution in [-0.4, -0.2) is 83.3 Å². The van der Waals surface area contributed by atoms with E-state index >= 15 is 4.39 Å². The first-order valence-corrected chi connectivity index (χ1v) is 16.4. The molecule has 45 heavy (non-hydrogen) atoms. The highest BCUT2D eigenvalue weighted by Gasteiger charge is 2.32. The topological polar surface area (TPSA) is 116 Å². The van der Waals surface area contributed by atoms with Crippen LogP contribution in [0.3, 0.4) is 0 Å². The smallest absolute Gasteiger partial charge is 0.268 e. The van der Waals surface area contributed by atoms with Crippen LogP contribution in [0, 0.1) is 11.7 Å². The Balaban J connectivity index is 1.49. The first kappa shape index (κ1) is 34.1. The van der Waals surface area contributed by atoms with Crippen LogP contribution >= 0.6 is 0 Å². The average Bonchev–Trinajstić information content (AvgIpc) is 3.37. The second-order valence-electron chi connectivity index (χ2n) is 12.7. The van der Waals surface area contributed by atoms with Crippen LogP contribution in [0.15, 0.2) is 36.5 Å². The second kappa shape index (κ2) is 16.0. The van der Waals surface area contributed by atoms with Gasteiger partial charge in [-0.25, -0.2) is 4.39 Å². The van der Waals surface area contributed by atoms with E-state index in [2.05, 4.69) is 20.9 Å². The van der Waals surface area contributed by atoms with Crippen LogP contribution in [-0.2, 0) is 20.8 Å². The zero-order valence-electron chi connectivity index (χ0n) is 27.1. The van der Waals surface area contributed by atoms with Crippen molar-refractivity contribution < 1.29 is 23.6 Å². The minimum Gasteiger partial charge on any atom is -0.344 e. The molecular weight excluding hydrogens is 575 g/mol. The second-order valence-corrected chi connectivity index (χ2v) is 12.7. The van der Waals surface area contributed by atoms with Crippen molar-refractivity contribution in [3.05, 3.63) is 53.6 Å². The molecule has 10 nitrogen and oxygen atoms in total. The van der Waals surface area contributed by atoms with Gasteiger partial charge in [0.15, 0.2) is 0 Å². The number of anilines is 1. The molecule has 1 saturated heterocycles. The van der Waals surface area contributed by atoms with Gasteiger partial charge in [0, 0.05) is 51.3 Å². The number of aromatic nitrogens is 1. The molecular formula is C34H49FN6O4. The highest BCUT2D eigenvalue weighted by Crippen LogP contribution is 2.27. The molecule has 2 aromatic rings. The van der Waals surface area contributed by atoms with Crippen molar-refractivity contribution in [2.24, 2.45) is 5.92 Å². The molecule has 11 heteroatoms. The Labute approximate surface area is 266 Å². The van der Waals surface area contributed by atoms with E-state index in [1.165, 1.54) is 12.1 Å². The number of benzene rings is 1. The van der Waals surface area contributed by atoms with E-state index < -0.39 is 23.8 Å². The van der Waals surface area contributed by atoms with Crippen LogP contribution in [0.5, 0.6) is 0 Å². The van der Waals surface area contributed by atoms with E-state index in [0.29, 0.717) is 24.3 Å². The molecule has 1 aromatic carbocycles. The van der Waals surface area contributed by atoms with Crippen molar-refractivity contribution in [3.63, 3.8) is 0 Å². The number of hydrogen-bond donors (Lipinski definition) is 3. The van der Waals surface area contributed by atoms with Crippen LogP contribution in [0.25, 0.3) is 0 Å². The maximum Gasteiger partial charge on any atom is 0.268 e. The summed E-state index contributed by atoms with van der Waals surface area (Å²) in [7, 11) is 2.00. The SMILES string of the molecule is CCC(=O)N[C@H](Cc1ccc(NC(=O)[C@@H](NC(=O)c2cccn2C(C)C)C2CCCCCC2)c(F)c1)C(=O)N1CCN(C)CC1.